The Balaban J connectivity index is 2.19. The first-order valence-corrected chi connectivity index (χ1v) is 7.19. The summed E-state index contributed by atoms with van der Waals surface area (Å²) in [5.74, 6) is 0.294. The molecule has 0 spiro atoms. The summed E-state index contributed by atoms with van der Waals surface area (Å²) < 4.78 is 1.00. The molecule has 0 aromatic heterocycles. The Morgan fingerprint density at radius 1 is 1.44 bits per heavy atom. The summed E-state index contributed by atoms with van der Waals surface area (Å²) in [5, 5.41) is 19.3. The van der Waals surface area contributed by atoms with Crippen molar-refractivity contribution >= 4 is 21.6 Å². The zero-order valence-corrected chi connectivity index (χ0v) is 12.4. The van der Waals surface area contributed by atoms with E-state index in [2.05, 4.69) is 27.8 Å². The molecule has 3 nitrogen and oxygen atoms in total. The highest BCUT2D eigenvalue weighted by Gasteiger charge is 2.25. The van der Waals surface area contributed by atoms with Gasteiger partial charge in [-0.15, -0.1) is 0 Å². The van der Waals surface area contributed by atoms with E-state index in [1.165, 1.54) is 0 Å². The van der Waals surface area contributed by atoms with Crippen molar-refractivity contribution in [2.75, 3.05) is 18.0 Å². The molecule has 4 heteroatoms. The maximum Gasteiger partial charge on any atom is 0.0762 e. The van der Waals surface area contributed by atoms with E-state index >= 15 is 0 Å². The van der Waals surface area contributed by atoms with E-state index in [1.807, 2.05) is 18.2 Å². The van der Waals surface area contributed by atoms with Gasteiger partial charge in [0.05, 0.1) is 17.9 Å². The van der Waals surface area contributed by atoms with Gasteiger partial charge in [0, 0.05) is 17.6 Å². The summed E-state index contributed by atoms with van der Waals surface area (Å²) in [5.41, 5.74) is 2.05. The van der Waals surface area contributed by atoms with Crippen LogP contribution in [0.1, 0.15) is 31.9 Å². The topological polar surface area (TPSA) is 43.7 Å². The molecule has 2 rings (SSSR count). The molecule has 0 aliphatic carbocycles. The highest BCUT2D eigenvalue weighted by Crippen LogP contribution is 2.32. The normalized spacial score (nSPS) is 26.2. The third-order valence-electron chi connectivity index (χ3n) is 3.65. The molecule has 2 N–H and O–H groups in total. The molecule has 3 atom stereocenters. The van der Waals surface area contributed by atoms with Crippen LogP contribution >= 0.6 is 15.9 Å². The van der Waals surface area contributed by atoms with E-state index < -0.39 is 6.10 Å². The molecule has 2 unspecified atom stereocenters. The van der Waals surface area contributed by atoms with E-state index in [0.717, 1.165) is 35.2 Å². The number of aliphatic hydroxyl groups is 2. The summed E-state index contributed by atoms with van der Waals surface area (Å²) in [6.45, 7) is 5.58. The molecule has 0 bridgehead atoms. The first kappa shape index (κ1) is 13.8. The fourth-order valence-electron chi connectivity index (χ4n) is 2.39. The van der Waals surface area contributed by atoms with Crippen molar-refractivity contribution in [2.45, 2.75) is 32.5 Å². The average molecular weight is 314 g/mol. The fourth-order valence-corrected chi connectivity index (χ4v) is 3.04. The molecule has 0 radical (unpaired) electrons. The fraction of sp³-hybridized carbons (Fsp3) is 0.571. The number of anilines is 1. The number of halogens is 1. The summed E-state index contributed by atoms with van der Waals surface area (Å²) in [7, 11) is 0. The monoisotopic (exact) mass is 313 g/mol. The molecule has 1 fully saturated rings. The highest BCUT2D eigenvalue weighted by molar-refractivity contribution is 9.10. The van der Waals surface area contributed by atoms with Crippen molar-refractivity contribution in [3.63, 3.8) is 0 Å². The quantitative estimate of drug-likeness (QED) is 0.882. The van der Waals surface area contributed by atoms with Gasteiger partial charge in [-0.2, -0.15) is 0 Å². The zero-order chi connectivity index (χ0) is 13.3. The molecular formula is C14H20BrNO2. The van der Waals surface area contributed by atoms with Crippen LogP contribution in [0, 0.1) is 5.92 Å². The standard InChI is InChI=1S/C14H20BrNO2/c1-9-8-16(6-5-14(9)18)13-4-3-11(10(2)17)7-12(13)15/h3-4,7,9-10,14,17-18H,5-6,8H2,1-2H3/t9?,10-,14?/m0/s1. The number of aliphatic hydroxyl groups excluding tert-OH is 2. The van der Waals surface area contributed by atoms with Crippen molar-refractivity contribution in [3.05, 3.63) is 28.2 Å². The maximum atomic E-state index is 9.76. The van der Waals surface area contributed by atoms with Crippen LogP contribution in [0.5, 0.6) is 0 Å². The zero-order valence-electron chi connectivity index (χ0n) is 10.8. The largest absolute Gasteiger partial charge is 0.393 e. The lowest BCUT2D eigenvalue weighted by Crippen LogP contribution is -2.42. The van der Waals surface area contributed by atoms with Crippen LogP contribution in [0.4, 0.5) is 5.69 Å². The first-order chi connectivity index (χ1) is 8.49. The van der Waals surface area contributed by atoms with Gasteiger partial charge in [0.2, 0.25) is 0 Å². The number of piperidine rings is 1. The third kappa shape index (κ3) is 2.87. The maximum absolute atomic E-state index is 9.76. The lowest BCUT2D eigenvalue weighted by Gasteiger charge is -2.36. The Labute approximate surface area is 117 Å². The first-order valence-electron chi connectivity index (χ1n) is 6.39. The lowest BCUT2D eigenvalue weighted by molar-refractivity contribution is 0.0970. The van der Waals surface area contributed by atoms with Gasteiger partial charge in [-0.25, -0.2) is 0 Å². The van der Waals surface area contributed by atoms with E-state index in [4.69, 9.17) is 0 Å². The molecule has 1 aliphatic heterocycles. The molecule has 0 amide bonds. The minimum Gasteiger partial charge on any atom is -0.393 e. The number of rotatable bonds is 2. The second-order valence-corrected chi connectivity index (χ2v) is 6.02. The summed E-state index contributed by atoms with van der Waals surface area (Å²) >= 11 is 3.57. The van der Waals surface area contributed by atoms with Crippen molar-refractivity contribution in [3.8, 4) is 0 Å². The van der Waals surface area contributed by atoms with Gasteiger partial charge in [-0.3, -0.25) is 0 Å². The Morgan fingerprint density at radius 2 is 2.17 bits per heavy atom. The number of benzene rings is 1. The second kappa shape index (κ2) is 5.59. The van der Waals surface area contributed by atoms with Crippen LogP contribution in [0.3, 0.4) is 0 Å². The molecule has 0 saturated carbocycles. The number of hydrogen-bond donors (Lipinski definition) is 2. The Morgan fingerprint density at radius 3 is 2.72 bits per heavy atom. The van der Waals surface area contributed by atoms with Gasteiger partial charge in [-0.1, -0.05) is 13.0 Å². The van der Waals surface area contributed by atoms with Crippen LogP contribution in [0.15, 0.2) is 22.7 Å². The number of nitrogens with zero attached hydrogens (tertiary/aromatic N) is 1. The minimum atomic E-state index is -0.447. The summed E-state index contributed by atoms with van der Waals surface area (Å²) in [4.78, 5) is 2.29. The molecule has 18 heavy (non-hydrogen) atoms. The molecular weight excluding hydrogens is 294 g/mol. The molecule has 100 valence electrons. The van der Waals surface area contributed by atoms with Crippen molar-refractivity contribution < 1.29 is 10.2 Å². The van der Waals surface area contributed by atoms with Crippen LogP contribution in [0.25, 0.3) is 0 Å². The SMILES string of the molecule is CC1CN(c2ccc([C@H](C)O)cc2Br)CCC1O. The molecule has 1 aliphatic rings. The Kier molecular flexibility index (Phi) is 4.30. The van der Waals surface area contributed by atoms with Crippen molar-refractivity contribution in [1.82, 2.24) is 0 Å². The van der Waals surface area contributed by atoms with Gasteiger partial charge in [0.25, 0.3) is 0 Å². The van der Waals surface area contributed by atoms with Gasteiger partial charge >= 0.3 is 0 Å². The molecule has 1 heterocycles. The smallest absolute Gasteiger partial charge is 0.0762 e. The number of hydrogen-bond acceptors (Lipinski definition) is 3. The minimum absolute atomic E-state index is 0.184. The van der Waals surface area contributed by atoms with Gasteiger partial charge in [0.1, 0.15) is 0 Å². The Hall–Kier alpha value is -0.580. The van der Waals surface area contributed by atoms with E-state index in [9.17, 15) is 10.2 Å². The van der Waals surface area contributed by atoms with Gasteiger partial charge in [0.15, 0.2) is 0 Å². The van der Waals surface area contributed by atoms with Crippen LogP contribution < -0.4 is 4.90 Å². The highest BCUT2D eigenvalue weighted by atomic mass is 79.9. The predicted octanol–water partition coefficient (Wildman–Crippen LogP) is 2.71. The van der Waals surface area contributed by atoms with Crippen LogP contribution in [0.2, 0.25) is 0 Å². The summed E-state index contributed by atoms with van der Waals surface area (Å²) in [6.07, 6.45) is 0.181. The third-order valence-corrected chi connectivity index (χ3v) is 4.29. The Bertz CT molecular complexity index is 422. The second-order valence-electron chi connectivity index (χ2n) is 5.17. The van der Waals surface area contributed by atoms with Gasteiger partial charge in [-0.05, 0) is 52.9 Å². The molecule has 1 aromatic rings. The predicted molar refractivity (Wildman–Crippen MR) is 76.8 cm³/mol. The van der Waals surface area contributed by atoms with E-state index in [-0.39, 0.29) is 6.10 Å². The average Bonchev–Trinajstić information content (AvgIpc) is 2.32. The lowest BCUT2D eigenvalue weighted by atomic mass is 9.96. The van der Waals surface area contributed by atoms with Crippen LogP contribution in [-0.2, 0) is 0 Å². The van der Waals surface area contributed by atoms with E-state index in [0.29, 0.717) is 5.92 Å². The molecule has 1 aromatic carbocycles. The van der Waals surface area contributed by atoms with Gasteiger partial charge < -0.3 is 15.1 Å². The van der Waals surface area contributed by atoms with Crippen molar-refractivity contribution in [2.24, 2.45) is 5.92 Å². The van der Waals surface area contributed by atoms with E-state index in [1.54, 1.807) is 6.92 Å². The van der Waals surface area contributed by atoms with Crippen molar-refractivity contribution in [1.29, 1.82) is 0 Å². The van der Waals surface area contributed by atoms with Crippen LogP contribution in [-0.4, -0.2) is 29.4 Å². The summed E-state index contributed by atoms with van der Waals surface area (Å²) in [6, 6.07) is 5.96. The molecule has 1 saturated heterocycles.